The normalized spacial score (nSPS) is 46.0. The molecule has 1 aliphatic heterocycles. The van der Waals surface area contributed by atoms with Crippen LogP contribution in [0.25, 0.3) is 0 Å². The fraction of sp³-hybridized carbons (Fsp3) is 1.00. The Balaban J connectivity index is 2.54. The number of hydrogen-bond donors (Lipinski definition) is 1. The third-order valence-electron chi connectivity index (χ3n) is 2.13. The number of halogens is 1. The van der Waals surface area contributed by atoms with Crippen molar-refractivity contribution in [2.45, 2.75) is 25.2 Å². The van der Waals surface area contributed by atoms with Crippen molar-refractivity contribution in [3.8, 4) is 0 Å². The number of nitrogens with zero attached hydrogens (tertiary/aromatic N) is 1. The van der Waals surface area contributed by atoms with Crippen molar-refractivity contribution < 1.29 is 4.39 Å². The second-order valence-corrected chi connectivity index (χ2v) is 2.77. The lowest BCUT2D eigenvalue weighted by molar-refractivity contribution is 0.303. The summed E-state index contributed by atoms with van der Waals surface area (Å²) in [7, 11) is 1.89. The van der Waals surface area contributed by atoms with Crippen LogP contribution in [0.3, 0.4) is 0 Å². The molecule has 0 aromatic rings. The van der Waals surface area contributed by atoms with Gasteiger partial charge in [0, 0.05) is 12.6 Å². The molecule has 0 aromatic heterocycles. The summed E-state index contributed by atoms with van der Waals surface area (Å²) in [6.07, 6.45) is -0.829. The van der Waals surface area contributed by atoms with Crippen LogP contribution in [-0.2, 0) is 0 Å². The van der Waals surface area contributed by atoms with E-state index in [2.05, 4.69) is 0 Å². The van der Waals surface area contributed by atoms with Gasteiger partial charge < -0.3 is 5.73 Å². The number of rotatable bonds is 0. The van der Waals surface area contributed by atoms with Crippen molar-refractivity contribution in [2.24, 2.45) is 5.73 Å². The summed E-state index contributed by atoms with van der Waals surface area (Å²) in [5.41, 5.74) is 5.50. The third kappa shape index (κ3) is 1.07. The number of likely N-dealkylation sites (tertiary alicyclic amines) is 1. The third-order valence-corrected chi connectivity index (χ3v) is 2.13. The summed E-state index contributed by atoms with van der Waals surface area (Å²) >= 11 is 0. The molecule has 54 valence electrons. The molecule has 2 N–H and O–H groups in total. The van der Waals surface area contributed by atoms with Gasteiger partial charge in [0.05, 0.1) is 6.04 Å². The Hall–Kier alpha value is -0.150. The molecule has 1 saturated heterocycles. The molecule has 0 radical (unpaired) electrons. The van der Waals surface area contributed by atoms with E-state index >= 15 is 0 Å². The molecule has 3 heteroatoms. The largest absolute Gasteiger partial charge is 0.324 e. The van der Waals surface area contributed by atoms with Gasteiger partial charge in [0.15, 0.2) is 0 Å². The van der Waals surface area contributed by atoms with Crippen LogP contribution in [-0.4, -0.2) is 36.7 Å². The number of hydrogen-bond acceptors (Lipinski definition) is 2. The topological polar surface area (TPSA) is 29.3 Å². The van der Waals surface area contributed by atoms with Gasteiger partial charge in [-0.05, 0) is 14.0 Å². The van der Waals surface area contributed by atoms with Crippen molar-refractivity contribution in [1.82, 2.24) is 4.90 Å². The smallest absolute Gasteiger partial charge is 0.129 e. The van der Waals surface area contributed by atoms with Crippen molar-refractivity contribution in [3.05, 3.63) is 0 Å². The predicted octanol–water partition coefficient (Wildman–Crippen LogP) is -0.0143. The molecule has 0 spiro atoms. The van der Waals surface area contributed by atoms with Crippen LogP contribution in [0.4, 0.5) is 4.39 Å². The van der Waals surface area contributed by atoms with Gasteiger partial charge >= 0.3 is 0 Å². The first kappa shape index (κ1) is 6.96. The molecule has 2 nitrogen and oxygen atoms in total. The molecule has 0 aliphatic carbocycles. The first-order valence-electron chi connectivity index (χ1n) is 3.23. The Morgan fingerprint density at radius 1 is 1.67 bits per heavy atom. The quantitative estimate of drug-likeness (QED) is 0.502. The fourth-order valence-corrected chi connectivity index (χ4v) is 1.16. The van der Waals surface area contributed by atoms with Gasteiger partial charge in [0.25, 0.3) is 0 Å². The predicted molar refractivity (Wildman–Crippen MR) is 35.0 cm³/mol. The van der Waals surface area contributed by atoms with E-state index in [0.29, 0.717) is 6.54 Å². The lowest BCUT2D eigenvalue weighted by Crippen LogP contribution is -2.37. The summed E-state index contributed by atoms with van der Waals surface area (Å²) in [6, 6.07) is -0.0880. The molecule has 0 bridgehead atoms. The minimum absolute atomic E-state index is 0.194. The molecule has 1 aliphatic rings. The van der Waals surface area contributed by atoms with Gasteiger partial charge in [-0.2, -0.15) is 0 Å². The molecule has 9 heavy (non-hydrogen) atoms. The van der Waals surface area contributed by atoms with Crippen LogP contribution in [0, 0.1) is 0 Å². The van der Waals surface area contributed by atoms with Crippen molar-refractivity contribution >= 4 is 0 Å². The van der Waals surface area contributed by atoms with Crippen LogP contribution < -0.4 is 5.73 Å². The maximum Gasteiger partial charge on any atom is 0.129 e. The zero-order chi connectivity index (χ0) is 7.02. The van der Waals surface area contributed by atoms with E-state index in [1.807, 2.05) is 18.9 Å². The van der Waals surface area contributed by atoms with Crippen LogP contribution in [0.15, 0.2) is 0 Å². The fourth-order valence-electron chi connectivity index (χ4n) is 1.16. The Kier molecular flexibility index (Phi) is 1.73. The summed E-state index contributed by atoms with van der Waals surface area (Å²) < 4.78 is 12.7. The number of alkyl halides is 1. The van der Waals surface area contributed by atoms with E-state index in [1.54, 1.807) is 0 Å². The molecule has 1 fully saturated rings. The molecule has 0 saturated carbocycles. The maximum atomic E-state index is 12.7. The molecule has 3 atom stereocenters. The minimum Gasteiger partial charge on any atom is -0.324 e. The van der Waals surface area contributed by atoms with Crippen molar-refractivity contribution in [2.75, 3.05) is 13.6 Å². The summed E-state index contributed by atoms with van der Waals surface area (Å²) in [5, 5.41) is 0. The van der Waals surface area contributed by atoms with Crippen molar-refractivity contribution in [1.29, 1.82) is 0 Å². The molecule has 1 heterocycles. The monoisotopic (exact) mass is 132 g/mol. The molecule has 1 rings (SSSR count). The standard InChI is InChI=1S/C6H13FN2/c1-4-6(8)5(7)3-9(4)2/h4-6H,3,8H2,1-2H3/t4?,5-,6-/m0/s1. The molecular formula is C6H13FN2. The summed E-state index contributed by atoms with van der Waals surface area (Å²) in [5.74, 6) is 0. The molecule has 0 amide bonds. The molecule has 0 aromatic carbocycles. The van der Waals surface area contributed by atoms with Gasteiger partial charge in [-0.25, -0.2) is 4.39 Å². The van der Waals surface area contributed by atoms with Gasteiger partial charge in [-0.15, -0.1) is 0 Å². The van der Waals surface area contributed by atoms with Gasteiger partial charge in [0.1, 0.15) is 6.17 Å². The average Bonchev–Trinajstić information content (AvgIpc) is 1.98. The van der Waals surface area contributed by atoms with Crippen LogP contribution >= 0.6 is 0 Å². The van der Waals surface area contributed by atoms with Crippen LogP contribution in [0.5, 0.6) is 0 Å². The Labute approximate surface area is 54.8 Å². The van der Waals surface area contributed by atoms with Gasteiger partial charge in [0.2, 0.25) is 0 Å². The second-order valence-electron chi connectivity index (χ2n) is 2.77. The lowest BCUT2D eigenvalue weighted by atomic mass is 10.1. The maximum absolute atomic E-state index is 12.7. The highest BCUT2D eigenvalue weighted by atomic mass is 19.1. The first-order chi connectivity index (χ1) is 4.13. The Morgan fingerprint density at radius 3 is 2.33 bits per heavy atom. The zero-order valence-electron chi connectivity index (χ0n) is 5.84. The lowest BCUT2D eigenvalue weighted by Gasteiger charge is -2.15. The van der Waals surface area contributed by atoms with E-state index in [4.69, 9.17) is 5.73 Å². The number of likely N-dealkylation sites (N-methyl/N-ethyl adjacent to an activating group) is 1. The van der Waals surface area contributed by atoms with E-state index in [-0.39, 0.29) is 12.1 Å². The first-order valence-corrected chi connectivity index (χ1v) is 3.23. The zero-order valence-corrected chi connectivity index (χ0v) is 5.84. The van der Waals surface area contributed by atoms with Crippen LogP contribution in [0.1, 0.15) is 6.92 Å². The summed E-state index contributed by atoms with van der Waals surface area (Å²) in [4.78, 5) is 1.94. The van der Waals surface area contributed by atoms with E-state index in [0.717, 1.165) is 0 Å². The summed E-state index contributed by atoms with van der Waals surface area (Å²) in [6.45, 7) is 2.44. The van der Waals surface area contributed by atoms with Gasteiger partial charge in [-0.3, -0.25) is 4.90 Å². The average molecular weight is 132 g/mol. The molecular weight excluding hydrogens is 119 g/mol. The van der Waals surface area contributed by atoms with E-state index in [1.165, 1.54) is 0 Å². The SMILES string of the molecule is CC1[C@H](N)[C@@H](F)CN1C. The highest BCUT2D eigenvalue weighted by molar-refractivity contribution is 4.92. The van der Waals surface area contributed by atoms with Crippen molar-refractivity contribution in [3.63, 3.8) is 0 Å². The van der Waals surface area contributed by atoms with Gasteiger partial charge in [-0.1, -0.05) is 0 Å². The Morgan fingerprint density at radius 2 is 2.22 bits per heavy atom. The van der Waals surface area contributed by atoms with E-state index in [9.17, 15) is 4.39 Å². The second kappa shape index (κ2) is 2.23. The minimum atomic E-state index is -0.829. The number of nitrogens with two attached hydrogens (primary N) is 1. The Bertz CT molecular complexity index is 95.2. The molecule has 1 unspecified atom stereocenters. The highest BCUT2D eigenvalue weighted by Gasteiger charge is 2.34. The highest BCUT2D eigenvalue weighted by Crippen LogP contribution is 2.16. The van der Waals surface area contributed by atoms with Crippen LogP contribution in [0.2, 0.25) is 0 Å². The van der Waals surface area contributed by atoms with E-state index < -0.39 is 6.17 Å².